The van der Waals surface area contributed by atoms with Gasteiger partial charge in [0.15, 0.2) is 0 Å². The molecule has 0 radical (unpaired) electrons. The van der Waals surface area contributed by atoms with Crippen LogP contribution in [0.25, 0.3) is 0 Å². The largest absolute Gasteiger partial charge is 0.355 e. The molecule has 0 saturated heterocycles. The molecule has 0 aliphatic heterocycles. The summed E-state index contributed by atoms with van der Waals surface area (Å²) < 4.78 is 1.62. The van der Waals surface area contributed by atoms with Gasteiger partial charge in [-0.3, -0.25) is 9.48 Å². The van der Waals surface area contributed by atoms with Crippen molar-refractivity contribution in [2.75, 3.05) is 6.54 Å². The highest BCUT2D eigenvalue weighted by molar-refractivity contribution is 6.36. The van der Waals surface area contributed by atoms with E-state index in [0.717, 1.165) is 5.56 Å². The van der Waals surface area contributed by atoms with Crippen LogP contribution in [0.1, 0.15) is 24.8 Å². The topological polar surface area (TPSA) is 59.8 Å². The van der Waals surface area contributed by atoms with Crippen LogP contribution in [0.4, 0.5) is 0 Å². The predicted molar refractivity (Wildman–Crippen MR) is 82.5 cm³/mol. The minimum atomic E-state index is -0.0412. The Morgan fingerprint density at radius 2 is 2.10 bits per heavy atom. The summed E-state index contributed by atoms with van der Waals surface area (Å²) in [6.45, 7) is 2.97. The zero-order chi connectivity index (χ0) is 15.2. The number of hydrogen-bond donors (Lipinski definition) is 1. The molecule has 1 aromatic carbocycles. The summed E-state index contributed by atoms with van der Waals surface area (Å²) >= 11 is 12.3. The van der Waals surface area contributed by atoms with Crippen molar-refractivity contribution in [3.8, 4) is 0 Å². The van der Waals surface area contributed by atoms with Crippen molar-refractivity contribution in [1.82, 2.24) is 20.3 Å². The van der Waals surface area contributed by atoms with Gasteiger partial charge in [0.05, 0.1) is 12.7 Å². The number of aryl methyl sites for hydroxylation is 1. The molecule has 21 heavy (non-hydrogen) atoms. The standard InChI is InChI=1S/C14H16Cl2N4O/c1-10(14-11(15)3-2-4-12(14)16)9-17-13(21)5-7-20-8-6-18-19-20/h2-4,6,8,10H,5,7,9H2,1H3,(H,17,21)/t10-/m1/s1. The van der Waals surface area contributed by atoms with Gasteiger partial charge >= 0.3 is 0 Å². The van der Waals surface area contributed by atoms with E-state index in [-0.39, 0.29) is 11.8 Å². The van der Waals surface area contributed by atoms with Crippen molar-refractivity contribution in [2.45, 2.75) is 25.8 Å². The molecule has 1 N–H and O–H groups in total. The number of amides is 1. The zero-order valence-electron chi connectivity index (χ0n) is 11.6. The van der Waals surface area contributed by atoms with Crippen LogP contribution in [0.3, 0.4) is 0 Å². The summed E-state index contributed by atoms with van der Waals surface area (Å²) in [6.07, 6.45) is 3.66. The fourth-order valence-corrected chi connectivity index (χ4v) is 2.78. The minimum Gasteiger partial charge on any atom is -0.355 e. The van der Waals surface area contributed by atoms with Crippen LogP contribution < -0.4 is 5.32 Å². The number of carbonyl (C=O) groups is 1. The Balaban J connectivity index is 1.83. The molecule has 0 unspecified atom stereocenters. The van der Waals surface area contributed by atoms with Crippen LogP contribution in [0, 0.1) is 0 Å². The lowest BCUT2D eigenvalue weighted by Gasteiger charge is -2.16. The van der Waals surface area contributed by atoms with Crippen LogP contribution in [0.15, 0.2) is 30.6 Å². The van der Waals surface area contributed by atoms with E-state index in [1.807, 2.05) is 6.92 Å². The molecule has 0 saturated carbocycles. The van der Waals surface area contributed by atoms with Gasteiger partial charge in [-0.1, -0.05) is 41.4 Å². The van der Waals surface area contributed by atoms with Gasteiger partial charge in [0, 0.05) is 35.1 Å². The molecule has 5 nitrogen and oxygen atoms in total. The lowest BCUT2D eigenvalue weighted by molar-refractivity contribution is -0.121. The summed E-state index contributed by atoms with van der Waals surface area (Å²) in [4.78, 5) is 11.8. The fraction of sp³-hybridized carbons (Fsp3) is 0.357. The molecule has 112 valence electrons. The van der Waals surface area contributed by atoms with Gasteiger partial charge in [-0.2, -0.15) is 0 Å². The van der Waals surface area contributed by atoms with Crippen molar-refractivity contribution < 1.29 is 4.79 Å². The van der Waals surface area contributed by atoms with E-state index in [4.69, 9.17) is 23.2 Å². The molecule has 0 aliphatic rings. The normalized spacial score (nSPS) is 12.1. The molecule has 0 bridgehead atoms. The van der Waals surface area contributed by atoms with E-state index in [2.05, 4.69) is 15.6 Å². The van der Waals surface area contributed by atoms with Crippen molar-refractivity contribution in [3.63, 3.8) is 0 Å². The Morgan fingerprint density at radius 3 is 2.71 bits per heavy atom. The molecule has 1 aromatic heterocycles. The molecule has 2 rings (SSSR count). The van der Waals surface area contributed by atoms with Gasteiger partial charge in [0.25, 0.3) is 0 Å². The number of nitrogens with zero attached hydrogens (tertiary/aromatic N) is 3. The van der Waals surface area contributed by atoms with Crippen molar-refractivity contribution in [3.05, 3.63) is 46.2 Å². The van der Waals surface area contributed by atoms with Crippen LogP contribution in [0.5, 0.6) is 0 Å². The highest BCUT2D eigenvalue weighted by atomic mass is 35.5. The van der Waals surface area contributed by atoms with Crippen molar-refractivity contribution in [1.29, 1.82) is 0 Å². The first-order valence-corrected chi connectivity index (χ1v) is 7.38. The maximum Gasteiger partial charge on any atom is 0.221 e. The third-order valence-corrected chi connectivity index (χ3v) is 3.80. The van der Waals surface area contributed by atoms with Gasteiger partial charge in [0.1, 0.15) is 0 Å². The van der Waals surface area contributed by atoms with Gasteiger partial charge in [0.2, 0.25) is 5.91 Å². The monoisotopic (exact) mass is 326 g/mol. The van der Waals surface area contributed by atoms with E-state index in [1.54, 1.807) is 35.3 Å². The molecule has 0 aliphatic carbocycles. The van der Waals surface area contributed by atoms with Gasteiger partial charge in [-0.15, -0.1) is 5.10 Å². The van der Waals surface area contributed by atoms with E-state index in [0.29, 0.717) is 29.6 Å². The molecule has 7 heteroatoms. The molecule has 0 spiro atoms. The summed E-state index contributed by atoms with van der Waals surface area (Å²) in [5.74, 6) is 0.00189. The van der Waals surface area contributed by atoms with E-state index >= 15 is 0 Å². The van der Waals surface area contributed by atoms with Crippen LogP contribution >= 0.6 is 23.2 Å². The van der Waals surface area contributed by atoms with Crippen molar-refractivity contribution in [2.24, 2.45) is 0 Å². The van der Waals surface area contributed by atoms with Crippen LogP contribution in [-0.2, 0) is 11.3 Å². The quantitative estimate of drug-likeness (QED) is 0.887. The highest BCUT2D eigenvalue weighted by Gasteiger charge is 2.14. The average Bonchev–Trinajstić information content (AvgIpc) is 2.96. The van der Waals surface area contributed by atoms with Gasteiger partial charge < -0.3 is 5.32 Å². The number of halogens is 2. The van der Waals surface area contributed by atoms with Crippen LogP contribution in [0.2, 0.25) is 10.0 Å². The Morgan fingerprint density at radius 1 is 1.38 bits per heavy atom. The lowest BCUT2D eigenvalue weighted by atomic mass is 10.0. The van der Waals surface area contributed by atoms with Crippen LogP contribution in [-0.4, -0.2) is 27.4 Å². The molecule has 2 aromatic rings. The second kappa shape index (κ2) is 7.43. The first-order valence-electron chi connectivity index (χ1n) is 6.62. The first-order chi connectivity index (χ1) is 10.1. The summed E-state index contributed by atoms with van der Waals surface area (Å²) in [5, 5.41) is 11.6. The SMILES string of the molecule is C[C@H](CNC(=O)CCn1ccnn1)c1c(Cl)cccc1Cl. The third-order valence-electron chi connectivity index (χ3n) is 3.14. The maximum absolute atomic E-state index is 11.8. The number of rotatable bonds is 6. The molecule has 1 heterocycles. The Labute approximate surface area is 133 Å². The van der Waals surface area contributed by atoms with E-state index in [9.17, 15) is 4.79 Å². The zero-order valence-corrected chi connectivity index (χ0v) is 13.1. The highest BCUT2D eigenvalue weighted by Crippen LogP contribution is 2.30. The molecule has 1 atom stereocenters. The number of carbonyl (C=O) groups excluding carboxylic acids is 1. The third kappa shape index (κ3) is 4.44. The first kappa shape index (κ1) is 15.8. The molecule has 1 amide bonds. The van der Waals surface area contributed by atoms with E-state index < -0.39 is 0 Å². The maximum atomic E-state index is 11.8. The number of benzene rings is 1. The number of aromatic nitrogens is 3. The second-order valence-corrected chi connectivity index (χ2v) is 5.57. The minimum absolute atomic E-state index is 0.0412. The Bertz CT molecular complexity index is 581. The lowest BCUT2D eigenvalue weighted by Crippen LogP contribution is -2.28. The smallest absolute Gasteiger partial charge is 0.221 e. The average molecular weight is 327 g/mol. The summed E-state index contributed by atoms with van der Waals surface area (Å²) in [6, 6.07) is 5.40. The Kier molecular flexibility index (Phi) is 5.59. The van der Waals surface area contributed by atoms with Crippen molar-refractivity contribution >= 4 is 29.1 Å². The summed E-state index contributed by atoms with van der Waals surface area (Å²) in [7, 11) is 0. The second-order valence-electron chi connectivity index (χ2n) is 4.76. The number of nitrogens with one attached hydrogen (secondary N) is 1. The molecular weight excluding hydrogens is 311 g/mol. The van der Waals surface area contributed by atoms with E-state index in [1.165, 1.54) is 0 Å². The van der Waals surface area contributed by atoms with Gasteiger partial charge in [-0.05, 0) is 17.7 Å². The fourth-order valence-electron chi connectivity index (χ4n) is 2.01. The Hall–Kier alpha value is -1.59. The summed E-state index contributed by atoms with van der Waals surface area (Å²) in [5.41, 5.74) is 0.859. The van der Waals surface area contributed by atoms with Gasteiger partial charge in [-0.25, -0.2) is 0 Å². The number of hydrogen-bond acceptors (Lipinski definition) is 3. The predicted octanol–water partition coefficient (Wildman–Crippen LogP) is 2.89. The molecular formula is C14H16Cl2N4O. The molecule has 0 fully saturated rings.